The predicted octanol–water partition coefficient (Wildman–Crippen LogP) is 1.55. The normalized spacial score (nSPS) is 12.5. The maximum absolute atomic E-state index is 13.2. The summed E-state index contributed by atoms with van der Waals surface area (Å²) in [7, 11) is 1.73. The van der Waals surface area contributed by atoms with E-state index in [0.29, 0.717) is 11.0 Å². The molecule has 1 aromatic carbocycles. The molecule has 2 N–H and O–H groups in total. The second kappa shape index (κ2) is 6.05. The highest BCUT2D eigenvalue weighted by molar-refractivity contribution is 9.10. The summed E-state index contributed by atoms with van der Waals surface area (Å²) in [4.78, 5) is 0. The molecule has 5 heteroatoms. The summed E-state index contributed by atoms with van der Waals surface area (Å²) in [6, 6.07) is 4.52. The first-order valence-corrected chi connectivity index (χ1v) is 5.33. The van der Waals surface area contributed by atoms with Gasteiger partial charge in [0.25, 0.3) is 0 Å². The molecule has 1 rings (SSSR count). The van der Waals surface area contributed by atoms with Crippen LogP contribution in [0.5, 0.6) is 5.75 Å². The fourth-order valence-corrected chi connectivity index (χ4v) is 1.41. The van der Waals surface area contributed by atoms with Crippen molar-refractivity contribution in [2.24, 2.45) is 0 Å². The molecule has 0 bridgehead atoms. The molecule has 3 nitrogen and oxygen atoms in total. The number of halogens is 2. The maximum Gasteiger partial charge on any atom is 0.166 e. The molecule has 1 unspecified atom stereocenters. The Hall–Kier alpha value is -0.650. The average molecular weight is 278 g/mol. The van der Waals surface area contributed by atoms with Gasteiger partial charge in [-0.25, -0.2) is 4.39 Å². The molecule has 0 fully saturated rings. The Morgan fingerprint density at radius 2 is 2.33 bits per heavy atom. The summed E-state index contributed by atoms with van der Waals surface area (Å²) < 4.78 is 19.0. The summed E-state index contributed by atoms with van der Waals surface area (Å²) in [6.45, 7) is 0.484. The van der Waals surface area contributed by atoms with Crippen LogP contribution in [-0.2, 0) is 0 Å². The van der Waals surface area contributed by atoms with Gasteiger partial charge in [-0.15, -0.1) is 0 Å². The molecule has 0 saturated heterocycles. The average Bonchev–Trinajstić information content (AvgIpc) is 2.17. The first-order valence-electron chi connectivity index (χ1n) is 4.54. The van der Waals surface area contributed by atoms with E-state index >= 15 is 0 Å². The van der Waals surface area contributed by atoms with E-state index in [1.54, 1.807) is 13.1 Å². The third kappa shape index (κ3) is 4.15. The van der Waals surface area contributed by atoms with Crippen molar-refractivity contribution in [3.05, 3.63) is 28.5 Å². The molecule has 0 saturated carbocycles. The highest BCUT2D eigenvalue weighted by Crippen LogP contribution is 2.21. The van der Waals surface area contributed by atoms with Crippen LogP contribution in [0.3, 0.4) is 0 Å². The van der Waals surface area contributed by atoms with Crippen LogP contribution in [0.2, 0.25) is 0 Å². The van der Waals surface area contributed by atoms with Crippen LogP contribution < -0.4 is 10.1 Å². The molecular weight excluding hydrogens is 265 g/mol. The first-order chi connectivity index (χ1) is 7.13. The molecule has 0 aliphatic carbocycles. The van der Waals surface area contributed by atoms with Crippen molar-refractivity contribution in [1.29, 1.82) is 0 Å². The Labute approximate surface area is 96.4 Å². The molecule has 15 heavy (non-hydrogen) atoms. The van der Waals surface area contributed by atoms with Crippen molar-refractivity contribution in [3.8, 4) is 5.75 Å². The smallest absolute Gasteiger partial charge is 0.166 e. The van der Waals surface area contributed by atoms with Crippen molar-refractivity contribution >= 4 is 15.9 Å². The summed E-state index contributed by atoms with van der Waals surface area (Å²) >= 11 is 3.15. The van der Waals surface area contributed by atoms with Gasteiger partial charge in [-0.1, -0.05) is 15.9 Å². The number of nitrogens with one attached hydrogen (secondary N) is 1. The minimum atomic E-state index is -0.641. The molecule has 0 radical (unpaired) electrons. The van der Waals surface area contributed by atoms with Crippen LogP contribution >= 0.6 is 15.9 Å². The lowest BCUT2D eigenvalue weighted by molar-refractivity contribution is 0.106. The van der Waals surface area contributed by atoms with Crippen molar-refractivity contribution in [2.45, 2.75) is 6.10 Å². The van der Waals surface area contributed by atoms with Crippen LogP contribution in [0.25, 0.3) is 0 Å². The van der Waals surface area contributed by atoms with Crippen LogP contribution in [0.4, 0.5) is 4.39 Å². The fourth-order valence-electron chi connectivity index (χ4n) is 1.07. The number of rotatable bonds is 5. The van der Waals surface area contributed by atoms with Crippen molar-refractivity contribution < 1.29 is 14.2 Å². The van der Waals surface area contributed by atoms with E-state index in [0.717, 1.165) is 0 Å². The number of aliphatic hydroxyl groups excluding tert-OH is 1. The van der Waals surface area contributed by atoms with Gasteiger partial charge in [0.05, 0.1) is 0 Å². The Morgan fingerprint density at radius 1 is 1.60 bits per heavy atom. The van der Waals surface area contributed by atoms with Crippen molar-refractivity contribution in [2.75, 3.05) is 20.2 Å². The summed E-state index contributed by atoms with van der Waals surface area (Å²) in [5.41, 5.74) is 0. The summed E-state index contributed by atoms with van der Waals surface area (Å²) in [5.74, 6) is -0.297. The standard InChI is InChI=1S/C10H13BrFNO2/c1-13-5-8(14)6-15-10-3-2-7(11)4-9(10)12/h2-4,8,13-14H,5-6H2,1H3. The van der Waals surface area contributed by atoms with Gasteiger partial charge in [0.15, 0.2) is 11.6 Å². The predicted molar refractivity (Wildman–Crippen MR) is 59.5 cm³/mol. The summed E-state index contributed by atoms with van der Waals surface area (Å²) in [6.07, 6.45) is -0.641. The van der Waals surface area contributed by atoms with E-state index in [9.17, 15) is 9.50 Å². The molecule has 0 amide bonds. The van der Waals surface area contributed by atoms with E-state index in [2.05, 4.69) is 21.2 Å². The third-order valence-electron chi connectivity index (χ3n) is 1.76. The van der Waals surface area contributed by atoms with E-state index in [4.69, 9.17) is 4.74 Å². The molecule has 1 aromatic rings. The highest BCUT2D eigenvalue weighted by Gasteiger charge is 2.07. The van der Waals surface area contributed by atoms with Crippen LogP contribution in [0, 0.1) is 5.82 Å². The lowest BCUT2D eigenvalue weighted by Crippen LogP contribution is -2.29. The Balaban J connectivity index is 2.50. The van der Waals surface area contributed by atoms with Gasteiger partial charge in [-0.2, -0.15) is 0 Å². The molecule has 0 aliphatic rings. The zero-order chi connectivity index (χ0) is 11.3. The lowest BCUT2D eigenvalue weighted by Gasteiger charge is -2.12. The number of aliphatic hydroxyl groups is 1. The zero-order valence-corrected chi connectivity index (χ0v) is 9.92. The molecule has 0 heterocycles. The molecule has 0 aromatic heterocycles. The largest absolute Gasteiger partial charge is 0.488 e. The van der Waals surface area contributed by atoms with Crippen LogP contribution in [0.15, 0.2) is 22.7 Å². The van der Waals surface area contributed by atoms with Crippen molar-refractivity contribution in [1.82, 2.24) is 5.32 Å². The van der Waals surface area contributed by atoms with E-state index < -0.39 is 11.9 Å². The highest BCUT2D eigenvalue weighted by atomic mass is 79.9. The lowest BCUT2D eigenvalue weighted by atomic mass is 10.3. The van der Waals surface area contributed by atoms with E-state index in [-0.39, 0.29) is 12.4 Å². The Kier molecular flexibility index (Phi) is 5.01. The van der Waals surface area contributed by atoms with Gasteiger partial charge in [0, 0.05) is 11.0 Å². The number of ether oxygens (including phenoxy) is 1. The molecule has 84 valence electrons. The Bertz CT molecular complexity index is 322. The quantitative estimate of drug-likeness (QED) is 0.858. The molecule has 0 spiro atoms. The molecule has 1 atom stereocenters. The summed E-state index contributed by atoms with van der Waals surface area (Å²) in [5, 5.41) is 12.1. The van der Waals surface area contributed by atoms with Gasteiger partial charge < -0.3 is 15.2 Å². The minimum absolute atomic E-state index is 0.0688. The first kappa shape index (κ1) is 12.4. The van der Waals surface area contributed by atoms with Crippen LogP contribution in [-0.4, -0.2) is 31.4 Å². The van der Waals surface area contributed by atoms with Gasteiger partial charge in [0.2, 0.25) is 0 Å². The topological polar surface area (TPSA) is 41.5 Å². The Morgan fingerprint density at radius 3 is 2.93 bits per heavy atom. The van der Waals surface area contributed by atoms with Crippen LogP contribution in [0.1, 0.15) is 0 Å². The third-order valence-corrected chi connectivity index (χ3v) is 2.26. The van der Waals surface area contributed by atoms with Gasteiger partial charge >= 0.3 is 0 Å². The SMILES string of the molecule is CNCC(O)COc1ccc(Br)cc1F. The van der Waals surface area contributed by atoms with E-state index in [1.807, 2.05) is 0 Å². The van der Waals surface area contributed by atoms with Gasteiger partial charge in [-0.05, 0) is 25.2 Å². The van der Waals surface area contributed by atoms with Crippen molar-refractivity contribution in [3.63, 3.8) is 0 Å². The number of benzene rings is 1. The van der Waals surface area contributed by atoms with Gasteiger partial charge in [0.1, 0.15) is 12.7 Å². The fraction of sp³-hybridized carbons (Fsp3) is 0.400. The molecule has 0 aliphatic heterocycles. The molecular formula is C10H13BrFNO2. The zero-order valence-electron chi connectivity index (χ0n) is 8.34. The minimum Gasteiger partial charge on any atom is -0.488 e. The maximum atomic E-state index is 13.2. The number of hydrogen-bond acceptors (Lipinski definition) is 3. The monoisotopic (exact) mass is 277 g/mol. The second-order valence-electron chi connectivity index (χ2n) is 3.10. The number of likely N-dealkylation sites (N-methyl/N-ethyl adjacent to an activating group) is 1. The second-order valence-corrected chi connectivity index (χ2v) is 4.01. The van der Waals surface area contributed by atoms with E-state index in [1.165, 1.54) is 12.1 Å². The number of hydrogen-bond donors (Lipinski definition) is 2. The van der Waals surface area contributed by atoms with Gasteiger partial charge in [-0.3, -0.25) is 0 Å².